The minimum absolute atomic E-state index is 0.191. The molecule has 0 saturated heterocycles. The van der Waals surface area contributed by atoms with Gasteiger partial charge in [-0.1, -0.05) is 23.7 Å². The molecule has 1 rings (SSSR count). The second-order valence-electron chi connectivity index (χ2n) is 2.54. The van der Waals surface area contributed by atoms with Gasteiger partial charge in [0.2, 0.25) is 0 Å². The zero-order chi connectivity index (χ0) is 10.7. The normalized spacial score (nSPS) is 11.8. The molecule has 0 fully saturated rings. The summed E-state index contributed by atoms with van der Waals surface area (Å²) in [5.41, 5.74) is -0.215. The van der Waals surface area contributed by atoms with Crippen molar-refractivity contribution in [2.75, 3.05) is 0 Å². The fourth-order valence-corrected chi connectivity index (χ4v) is 1.18. The lowest BCUT2D eigenvalue weighted by Crippen LogP contribution is -2.11. The van der Waals surface area contributed by atoms with Crippen LogP contribution >= 0.6 is 11.6 Å². The minimum atomic E-state index is -1.52. The van der Waals surface area contributed by atoms with Crippen molar-refractivity contribution in [3.63, 3.8) is 0 Å². The molecule has 0 amide bonds. The molecule has 0 aliphatic heterocycles. The van der Waals surface area contributed by atoms with Crippen LogP contribution in [0.5, 0.6) is 0 Å². The van der Waals surface area contributed by atoms with E-state index >= 15 is 0 Å². The number of carboxylic acid groups (broad SMARTS) is 1. The number of hydrogen-bond acceptors (Lipinski definition) is 2. The van der Waals surface area contributed by atoms with Gasteiger partial charge in [0.1, 0.15) is 5.82 Å². The molecule has 1 aromatic rings. The zero-order valence-electron chi connectivity index (χ0n) is 6.87. The largest absolute Gasteiger partial charge is 0.480 e. The van der Waals surface area contributed by atoms with Crippen LogP contribution in [0.3, 0.4) is 0 Å². The van der Waals surface area contributed by atoms with Gasteiger partial charge in [0.15, 0.2) is 5.92 Å². The average Bonchev–Trinajstić information content (AvgIpc) is 2.13. The van der Waals surface area contributed by atoms with Crippen molar-refractivity contribution in [3.05, 3.63) is 34.6 Å². The number of hydrogen-bond donors (Lipinski definition) is 1. The van der Waals surface area contributed by atoms with E-state index in [2.05, 4.69) is 0 Å². The van der Waals surface area contributed by atoms with Gasteiger partial charge in [0.25, 0.3) is 0 Å². The molecule has 1 N–H and O–H groups in total. The third-order valence-corrected chi connectivity index (χ3v) is 1.96. The Labute approximate surface area is 84.3 Å². The van der Waals surface area contributed by atoms with Gasteiger partial charge in [0, 0.05) is 5.56 Å². The Morgan fingerprint density at radius 3 is 2.79 bits per heavy atom. The van der Waals surface area contributed by atoms with Gasteiger partial charge in [0.05, 0.1) is 11.1 Å². The molecule has 0 bridgehead atoms. The molecule has 1 unspecified atom stereocenters. The Morgan fingerprint density at radius 1 is 1.64 bits per heavy atom. The highest BCUT2D eigenvalue weighted by Crippen LogP contribution is 2.24. The van der Waals surface area contributed by atoms with E-state index in [9.17, 15) is 9.18 Å². The summed E-state index contributed by atoms with van der Waals surface area (Å²) in [6.07, 6.45) is 0. The first-order chi connectivity index (χ1) is 6.57. The number of benzene rings is 1. The molecular weight excluding hydrogens is 209 g/mol. The number of carboxylic acids is 1. The first-order valence-corrected chi connectivity index (χ1v) is 4.02. The molecular formula is C9H5ClFNO2. The van der Waals surface area contributed by atoms with Crippen LogP contribution in [0.4, 0.5) is 4.39 Å². The zero-order valence-corrected chi connectivity index (χ0v) is 7.62. The van der Waals surface area contributed by atoms with Gasteiger partial charge >= 0.3 is 5.97 Å². The monoisotopic (exact) mass is 213 g/mol. The smallest absolute Gasteiger partial charge is 0.325 e. The van der Waals surface area contributed by atoms with E-state index in [1.807, 2.05) is 0 Å². The van der Waals surface area contributed by atoms with Gasteiger partial charge in [-0.3, -0.25) is 4.79 Å². The van der Waals surface area contributed by atoms with Crippen molar-refractivity contribution in [1.29, 1.82) is 5.26 Å². The lowest BCUT2D eigenvalue weighted by Gasteiger charge is -2.05. The molecule has 0 spiro atoms. The van der Waals surface area contributed by atoms with Gasteiger partial charge in [-0.25, -0.2) is 4.39 Å². The van der Waals surface area contributed by atoms with E-state index in [0.717, 1.165) is 0 Å². The molecule has 1 atom stereocenters. The van der Waals surface area contributed by atoms with Crippen LogP contribution in [0.15, 0.2) is 18.2 Å². The van der Waals surface area contributed by atoms with Crippen molar-refractivity contribution in [2.24, 2.45) is 0 Å². The van der Waals surface area contributed by atoms with Crippen molar-refractivity contribution in [2.45, 2.75) is 5.92 Å². The Morgan fingerprint density at radius 2 is 2.29 bits per heavy atom. The molecule has 0 aliphatic carbocycles. The molecule has 0 heterocycles. The number of nitrogens with zero attached hydrogens (tertiary/aromatic N) is 1. The van der Waals surface area contributed by atoms with Gasteiger partial charge in [-0.2, -0.15) is 5.26 Å². The standard InChI is InChI=1S/C9H5ClFNO2/c10-7-3-1-2-5(8(7)11)6(4-12)9(13)14/h1-3,6H,(H,13,14). The maximum absolute atomic E-state index is 13.3. The van der Waals surface area contributed by atoms with Crippen molar-refractivity contribution < 1.29 is 14.3 Å². The molecule has 72 valence electrons. The minimum Gasteiger partial charge on any atom is -0.480 e. The summed E-state index contributed by atoms with van der Waals surface area (Å²) < 4.78 is 13.3. The molecule has 0 saturated carbocycles. The third kappa shape index (κ3) is 1.83. The van der Waals surface area contributed by atoms with E-state index < -0.39 is 17.7 Å². The maximum Gasteiger partial charge on any atom is 0.325 e. The maximum atomic E-state index is 13.3. The van der Waals surface area contributed by atoms with Crippen molar-refractivity contribution in [1.82, 2.24) is 0 Å². The van der Waals surface area contributed by atoms with Crippen LogP contribution in [0, 0.1) is 17.1 Å². The lowest BCUT2D eigenvalue weighted by atomic mass is 10.0. The SMILES string of the molecule is N#CC(C(=O)O)c1cccc(Cl)c1F. The number of nitriles is 1. The van der Waals surface area contributed by atoms with E-state index in [1.165, 1.54) is 24.3 Å². The first-order valence-electron chi connectivity index (χ1n) is 3.64. The van der Waals surface area contributed by atoms with E-state index in [1.54, 1.807) is 0 Å². The Bertz CT molecular complexity index is 414. The predicted octanol–water partition coefficient (Wildman–Crippen LogP) is 2.17. The summed E-state index contributed by atoms with van der Waals surface area (Å²) in [7, 11) is 0. The highest BCUT2D eigenvalue weighted by molar-refractivity contribution is 6.30. The predicted molar refractivity (Wildman–Crippen MR) is 47.4 cm³/mol. The number of halogens is 2. The quantitative estimate of drug-likeness (QED) is 0.819. The van der Waals surface area contributed by atoms with Crippen LogP contribution in [-0.2, 0) is 4.79 Å². The summed E-state index contributed by atoms with van der Waals surface area (Å²) in [5.74, 6) is -3.77. The van der Waals surface area contributed by atoms with Crippen LogP contribution in [-0.4, -0.2) is 11.1 Å². The second kappa shape index (κ2) is 4.07. The first kappa shape index (κ1) is 10.5. The fourth-order valence-electron chi connectivity index (χ4n) is 1.00. The van der Waals surface area contributed by atoms with E-state index in [-0.39, 0.29) is 10.6 Å². The molecule has 3 nitrogen and oxygen atoms in total. The summed E-state index contributed by atoms with van der Waals surface area (Å²) in [4.78, 5) is 10.6. The Hall–Kier alpha value is -1.60. The molecule has 0 aliphatic rings. The molecule has 0 aromatic heterocycles. The molecule has 5 heteroatoms. The van der Waals surface area contributed by atoms with E-state index in [4.69, 9.17) is 22.0 Å². The summed E-state index contributed by atoms with van der Waals surface area (Å²) in [5, 5.41) is 16.9. The average molecular weight is 214 g/mol. The van der Waals surface area contributed by atoms with Gasteiger partial charge in [-0.05, 0) is 6.07 Å². The van der Waals surface area contributed by atoms with Crippen LogP contribution in [0.1, 0.15) is 11.5 Å². The van der Waals surface area contributed by atoms with Crippen molar-refractivity contribution in [3.8, 4) is 6.07 Å². The highest BCUT2D eigenvalue weighted by atomic mass is 35.5. The third-order valence-electron chi connectivity index (χ3n) is 1.67. The fraction of sp³-hybridized carbons (Fsp3) is 0.111. The number of carbonyl (C=O) groups is 1. The van der Waals surface area contributed by atoms with Crippen LogP contribution < -0.4 is 0 Å². The summed E-state index contributed by atoms with van der Waals surface area (Å²) in [6, 6.07) is 5.40. The molecule has 14 heavy (non-hydrogen) atoms. The Balaban J connectivity index is 3.25. The molecule has 1 aromatic carbocycles. The summed E-state index contributed by atoms with van der Waals surface area (Å²) in [6.45, 7) is 0. The van der Waals surface area contributed by atoms with Crippen LogP contribution in [0.25, 0.3) is 0 Å². The number of rotatable bonds is 2. The van der Waals surface area contributed by atoms with Gasteiger partial charge in [-0.15, -0.1) is 0 Å². The molecule has 0 radical (unpaired) electrons. The Kier molecular flexibility index (Phi) is 3.05. The van der Waals surface area contributed by atoms with Crippen LogP contribution in [0.2, 0.25) is 5.02 Å². The second-order valence-corrected chi connectivity index (χ2v) is 2.95. The van der Waals surface area contributed by atoms with Crippen molar-refractivity contribution >= 4 is 17.6 Å². The number of aliphatic carboxylic acids is 1. The van der Waals surface area contributed by atoms with E-state index in [0.29, 0.717) is 0 Å². The lowest BCUT2D eigenvalue weighted by molar-refractivity contribution is -0.137. The topological polar surface area (TPSA) is 61.1 Å². The van der Waals surface area contributed by atoms with Gasteiger partial charge < -0.3 is 5.11 Å². The highest BCUT2D eigenvalue weighted by Gasteiger charge is 2.23. The summed E-state index contributed by atoms with van der Waals surface area (Å²) >= 11 is 5.44.